The normalized spacial score (nSPS) is 14.9. The number of aromatic nitrogens is 2. The second-order valence-corrected chi connectivity index (χ2v) is 8.38. The van der Waals surface area contributed by atoms with Crippen molar-refractivity contribution in [1.29, 1.82) is 0 Å². The first kappa shape index (κ1) is 20.6. The molecule has 30 heavy (non-hydrogen) atoms. The molecule has 1 aliphatic carbocycles. The third-order valence-corrected chi connectivity index (χ3v) is 6.36. The molecule has 1 fully saturated rings. The van der Waals surface area contributed by atoms with Gasteiger partial charge in [0.15, 0.2) is 0 Å². The van der Waals surface area contributed by atoms with E-state index >= 15 is 0 Å². The van der Waals surface area contributed by atoms with Crippen LogP contribution in [0.1, 0.15) is 49.2 Å². The van der Waals surface area contributed by atoms with E-state index < -0.39 is 0 Å². The van der Waals surface area contributed by atoms with Crippen molar-refractivity contribution >= 4 is 17.5 Å². The van der Waals surface area contributed by atoms with Crippen LogP contribution in [0.2, 0.25) is 5.02 Å². The fourth-order valence-electron chi connectivity index (χ4n) is 3.72. The minimum Gasteiger partial charge on any atom is -0.339 e. The molecule has 1 saturated carbocycles. The van der Waals surface area contributed by atoms with Crippen molar-refractivity contribution < 1.29 is 9.32 Å². The predicted octanol–water partition coefficient (Wildman–Crippen LogP) is 5.63. The Labute approximate surface area is 182 Å². The van der Waals surface area contributed by atoms with E-state index in [1.54, 1.807) is 0 Å². The minimum atomic E-state index is -0.00223. The van der Waals surface area contributed by atoms with Gasteiger partial charge >= 0.3 is 0 Å². The lowest BCUT2D eigenvalue weighted by Gasteiger charge is -2.35. The Morgan fingerprint density at radius 1 is 1.23 bits per heavy atom. The van der Waals surface area contributed by atoms with Crippen LogP contribution in [0.15, 0.2) is 53.1 Å². The fraction of sp³-hybridized carbons (Fsp3) is 0.375. The van der Waals surface area contributed by atoms with Crippen molar-refractivity contribution in [3.63, 3.8) is 0 Å². The highest BCUT2D eigenvalue weighted by Gasteiger charge is 2.32. The molecule has 1 heterocycles. The average molecular weight is 424 g/mol. The summed E-state index contributed by atoms with van der Waals surface area (Å²) < 4.78 is 5.46. The van der Waals surface area contributed by atoms with Crippen molar-refractivity contribution in [3.8, 4) is 11.4 Å². The molecule has 3 aromatic rings. The summed E-state index contributed by atoms with van der Waals surface area (Å²) in [7, 11) is 0. The summed E-state index contributed by atoms with van der Waals surface area (Å²) in [6, 6.07) is 15.9. The van der Waals surface area contributed by atoms with Crippen LogP contribution in [0, 0.1) is 12.8 Å². The molecule has 0 aliphatic heterocycles. The van der Waals surface area contributed by atoms with E-state index in [0.29, 0.717) is 29.7 Å². The molecule has 0 saturated heterocycles. The molecule has 6 heteroatoms. The van der Waals surface area contributed by atoms with E-state index in [4.69, 9.17) is 16.1 Å². The van der Waals surface area contributed by atoms with Crippen LogP contribution in [-0.2, 0) is 11.2 Å². The zero-order chi connectivity index (χ0) is 21.1. The molecule has 0 unspecified atom stereocenters. The topological polar surface area (TPSA) is 59.2 Å². The van der Waals surface area contributed by atoms with Crippen LogP contribution >= 0.6 is 11.6 Å². The summed E-state index contributed by atoms with van der Waals surface area (Å²) in [5.41, 5.74) is 2.95. The summed E-state index contributed by atoms with van der Waals surface area (Å²) in [5, 5.41) is 4.77. The molecular weight excluding hydrogens is 398 g/mol. The summed E-state index contributed by atoms with van der Waals surface area (Å²) >= 11 is 6.22. The number of benzene rings is 2. The van der Waals surface area contributed by atoms with Gasteiger partial charge in [0.25, 0.3) is 0 Å². The molecule has 1 amide bonds. The monoisotopic (exact) mass is 423 g/mol. The van der Waals surface area contributed by atoms with Gasteiger partial charge in [-0.3, -0.25) is 4.79 Å². The molecule has 1 aliphatic rings. The molecule has 0 bridgehead atoms. The van der Waals surface area contributed by atoms with Crippen molar-refractivity contribution in [2.24, 2.45) is 5.92 Å². The Morgan fingerprint density at radius 3 is 2.67 bits per heavy atom. The minimum absolute atomic E-state index is 0.00223. The molecule has 156 valence electrons. The first-order valence-corrected chi connectivity index (χ1v) is 10.9. The summed E-state index contributed by atoms with van der Waals surface area (Å²) in [6.45, 7) is 4.58. The summed E-state index contributed by atoms with van der Waals surface area (Å²) in [4.78, 5) is 19.6. The van der Waals surface area contributed by atoms with Gasteiger partial charge in [-0.15, -0.1) is 0 Å². The number of carbonyl (C=O) groups is 1. The second-order valence-electron chi connectivity index (χ2n) is 7.97. The quantitative estimate of drug-likeness (QED) is 0.494. The lowest BCUT2D eigenvalue weighted by molar-refractivity contribution is -0.140. The molecular formula is C24H26ClN3O2. The molecule has 0 N–H and O–H groups in total. The van der Waals surface area contributed by atoms with Crippen LogP contribution in [0.4, 0.5) is 0 Å². The van der Waals surface area contributed by atoms with Crippen LogP contribution in [0.25, 0.3) is 11.4 Å². The predicted molar refractivity (Wildman–Crippen MR) is 117 cm³/mol. The highest BCUT2D eigenvalue weighted by atomic mass is 35.5. The van der Waals surface area contributed by atoms with Gasteiger partial charge in [-0.25, -0.2) is 0 Å². The highest BCUT2D eigenvalue weighted by Crippen LogP contribution is 2.32. The molecule has 4 rings (SSSR count). The lowest BCUT2D eigenvalue weighted by atomic mass is 9.84. The number of carbonyl (C=O) groups excluding carboxylic acids is 1. The van der Waals surface area contributed by atoms with E-state index in [1.165, 1.54) is 0 Å². The van der Waals surface area contributed by atoms with Gasteiger partial charge in [0.2, 0.25) is 17.6 Å². The van der Waals surface area contributed by atoms with E-state index in [1.807, 2.05) is 48.2 Å². The Kier molecular flexibility index (Phi) is 6.18. The number of hydrogen-bond donors (Lipinski definition) is 0. The maximum atomic E-state index is 13.1. The van der Waals surface area contributed by atoms with Crippen molar-refractivity contribution in [1.82, 2.24) is 15.0 Å². The third kappa shape index (κ3) is 4.41. The van der Waals surface area contributed by atoms with Crippen LogP contribution in [0.5, 0.6) is 0 Å². The number of rotatable bonds is 7. The van der Waals surface area contributed by atoms with Crippen molar-refractivity contribution in [2.45, 2.75) is 45.6 Å². The Morgan fingerprint density at radius 2 is 2.00 bits per heavy atom. The Hall–Kier alpha value is -2.66. The first-order valence-electron chi connectivity index (χ1n) is 10.5. The van der Waals surface area contributed by atoms with E-state index in [2.05, 4.69) is 29.2 Å². The number of amides is 1. The van der Waals surface area contributed by atoms with Gasteiger partial charge in [0, 0.05) is 29.5 Å². The molecule has 0 spiro atoms. The van der Waals surface area contributed by atoms with Gasteiger partial charge in [-0.2, -0.15) is 4.98 Å². The average Bonchev–Trinajstić information content (AvgIpc) is 3.18. The van der Waals surface area contributed by atoms with Gasteiger partial charge < -0.3 is 9.42 Å². The van der Waals surface area contributed by atoms with Crippen LogP contribution in [-0.4, -0.2) is 27.5 Å². The number of hydrogen-bond acceptors (Lipinski definition) is 4. The SMILES string of the molecule is Cc1ccc(-c2noc(CCN(C(=O)C3CCC3)[C@H](C)c3ccccc3)n2)cc1Cl. The van der Waals surface area contributed by atoms with Crippen molar-refractivity contribution in [2.75, 3.05) is 6.54 Å². The van der Waals surface area contributed by atoms with Crippen LogP contribution < -0.4 is 0 Å². The van der Waals surface area contributed by atoms with Crippen molar-refractivity contribution in [3.05, 3.63) is 70.6 Å². The molecule has 5 nitrogen and oxygen atoms in total. The lowest BCUT2D eigenvalue weighted by Crippen LogP contribution is -2.41. The molecule has 0 radical (unpaired) electrons. The Bertz CT molecular complexity index is 1010. The van der Waals surface area contributed by atoms with Gasteiger partial charge in [-0.1, -0.05) is 65.6 Å². The van der Waals surface area contributed by atoms with Gasteiger partial charge in [0.05, 0.1) is 6.04 Å². The second kappa shape index (κ2) is 9.00. The number of halogens is 1. The largest absolute Gasteiger partial charge is 0.339 e. The standard InChI is InChI=1S/C24H26ClN3O2/c1-16-11-12-20(15-21(16)25)23-26-22(30-27-23)13-14-28(24(29)19-9-6-10-19)17(2)18-7-4-3-5-8-18/h3-5,7-8,11-12,15,17,19H,6,9-10,13-14H2,1-2H3/t17-/m1/s1. The fourth-order valence-corrected chi connectivity index (χ4v) is 3.90. The molecule has 2 aromatic carbocycles. The first-order chi connectivity index (χ1) is 14.5. The molecule has 1 aromatic heterocycles. The summed E-state index contributed by atoms with van der Waals surface area (Å²) in [5.74, 6) is 1.40. The van der Waals surface area contributed by atoms with E-state index in [9.17, 15) is 4.79 Å². The maximum absolute atomic E-state index is 13.1. The summed E-state index contributed by atoms with van der Waals surface area (Å²) in [6.07, 6.45) is 3.61. The van der Waals surface area contributed by atoms with Gasteiger partial charge in [0.1, 0.15) is 0 Å². The highest BCUT2D eigenvalue weighted by molar-refractivity contribution is 6.31. The maximum Gasteiger partial charge on any atom is 0.228 e. The van der Waals surface area contributed by atoms with E-state index in [-0.39, 0.29) is 17.9 Å². The Balaban J connectivity index is 1.49. The van der Waals surface area contributed by atoms with Crippen LogP contribution in [0.3, 0.4) is 0 Å². The zero-order valence-corrected chi connectivity index (χ0v) is 18.1. The smallest absolute Gasteiger partial charge is 0.228 e. The van der Waals surface area contributed by atoms with Gasteiger partial charge in [-0.05, 0) is 43.9 Å². The zero-order valence-electron chi connectivity index (χ0n) is 17.3. The van der Waals surface area contributed by atoms with E-state index in [0.717, 1.165) is 36.0 Å². The third-order valence-electron chi connectivity index (χ3n) is 5.95. The number of aryl methyl sites for hydroxylation is 1. The number of nitrogens with zero attached hydrogens (tertiary/aromatic N) is 3. The molecule has 1 atom stereocenters.